The van der Waals surface area contributed by atoms with Crippen LogP contribution in [-0.4, -0.2) is 17.9 Å². The number of rotatable bonds is 1. The van der Waals surface area contributed by atoms with E-state index in [0.29, 0.717) is 12.3 Å². The van der Waals surface area contributed by atoms with Crippen molar-refractivity contribution in [3.05, 3.63) is 0 Å². The van der Waals surface area contributed by atoms with Gasteiger partial charge in [0, 0.05) is 5.92 Å². The normalized spacial score (nSPS) is 37.3. The summed E-state index contributed by atoms with van der Waals surface area (Å²) < 4.78 is 0. The molecule has 0 aromatic rings. The summed E-state index contributed by atoms with van der Waals surface area (Å²) in [5.41, 5.74) is 0. The summed E-state index contributed by atoms with van der Waals surface area (Å²) in [5.74, 6) is -0.864. The fraction of sp³-hybridized carbons (Fsp3) is 0.714. The molecule has 0 spiro atoms. The van der Waals surface area contributed by atoms with Gasteiger partial charge >= 0.3 is 51.4 Å². The third-order valence-corrected chi connectivity index (χ3v) is 2.40. The molecule has 4 nitrogen and oxygen atoms in total. The summed E-state index contributed by atoms with van der Waals surface area (Å²) in [6.45, 7) is 0. The Balaban J connectivity index is 0.000000720. The van der Waals surface area contributed by atoms with Gasteiger partial charge in [-0.3, -0.25) is 4.79 Å². The molecular weight excluding hydrogens is 185 g/mol. The number of piperidine rings is 1. The molecule has 0 radical (unpaired) electrons. The number of hydrogen-bond donors (Lipinski definition) is 1. The van der Waals surface area contributed by atoms with Crippen molar-refractivity contribution in [3.63, 3.8) is 0 Å². The van der Waals surface area contributed by atoms with Crippen LogP contribution in [0.5, 0.6) is 0 Å². The summed E-state index contributed by atoms with van der Waals surface area (Å²) in [6, 6.07) is -0.744. The number of carboxylic acids is 1. The van der Waals surface area contributed by atoms with E-state index in [4.69, 9.17) is 0 Å². The Morgan fingerprint density at radius 2 is 2.17 bits per heavy atom. The van der Waals surface area contributed by atoms with Crippen LogP contribution in [0.1, 0.15) is 12.8 Å². The molecule has 1 aliphatic heterocycles. The number of amides is 1. The molecule has 0 aromatic carbocycles. The van der Waals surface area contributed by atoms with Crippen LogP contribution in [0, 0.1) is 11.8 Å². The van der Waals surface area contributed by atoms with Gasteiger partial charge in [0.05, 0.1) is 12.0 Å². The molecule has 0 unspecified atom stereocenters. The van der Waals surface area contributed by atoms with Gasteiger partial charge in [-0.15, -0.1) is 0 Å². The van der Waals surface area contributed by atoms with Gasteiger partial charge in [0.1, 0.15) is 0 Å². The van der Waals surface area contributed by atoms with Crippen LogP contribution in [0.15, 0.2) is 0 Å². The minimum absolute atomic E-state index is 0. The van der Waals surface area contributed by atoms with E-state index >= 15 is 0 Å². The minimum atomic E-state index is -1.16. The van der Waals surface area contributed by atoms with Crippen LogP contribution < -0.4 is 61.8 Å². The zero-order valence-corrected chi connectivity index (χ0v) is 9.99. The topological polar surface area (TPSA) is 69.2 Å². The van der Waals surface area contributed by atoms with Gasteiger partial charge in [-0.2, -0.15) is 0 Å². The molecule has 12 heavy (non-hydrogen) atoms. The van der Waals surface area contributed by atoms with Crippen molar-refractivity contribution in [2.45, 2.75) is 18.9 Å². The van der Waals surface area contributed by atoms with Gasteiger partial charge in [-0.25, -0.2) is 0 Å². The van der Waals surface area contributed by atoms with E-state index in [0.717, 1.165) is 6.42 Å². The number of aliphatic carboxylic acids is 1. The molecule has 1 N–H and O–H groups in total. The summed E-state index contributed by atoms with van der Waals surface area (Å²) in [6.07, 6.45) is 1.41. The second kappa shape index (κ2) is 3.75. The fourth-order valence-electron chi connectivity index (χ4n) is 1.62. The summed E-state index contributed by atoms with van der Waals surface area (Å²) in [5, 5.41) is 12.7. The zero-order chi connectivity index (χ0) is 8.01. The quantitative estimate of drug-likeness (QED) is 0.425. The average molecular weight is 193 g/mol. The number of nitrogens with one attached hydrogen (secondary N) is 1. The Bertz CT molecular complexity index is 231. The van der Waals surface area contributed by atoms with Crippen molar-refractivity contribution < 1.29 is 66.1 Å². The third-order valence-electron chi connectivity index (χ3n) is 2.40. The second-order valence-corrected chi connectivity index (χ2v) is 3.22. The first-order valence-electron chi connectivity index (χ1n) is 3.69. The zero-order valence-electron chi connectivity index (χ0n) is 6.87. The van der Waals surface area contributed by atoms with Crippen molar-refractivity contribution in [1.29, 1.82) is 0 Å². The Hall–Kier alpha value is 0.576. The average Bonchev–Trinajstić information content (AvgIpc) is 2.66. The smallest absolute Gasteiger partial charge is 0.548 e. The predicted octanol–water partition coefficient (Wildman–Crippen LogP) is -4.74. The number of fused-ring (bicyclic) bond motifs is 1. The SMILES string of the molecule is O=C([O-])[C@@H]1C[C@H]2C[C@H]2C(=O)N1.[K+]. The minimum Gasteiger partial charge on any atom is -0.548 e. The van der Waals surface area contributed by atoms with E-state index < -0.39 is 12.0 Å². The second-order valence-electron chi connectivity index (χ2n) is 3.22. The molecule has 2 aliphatic rings. The third kappa shape index (κ3) is 1.90. The van der Waals surface area contributed by atoms with E-state index in [1.54, 1.807) is 0 Å². The van der Waals surface area contributed by atoms with Crippen LogP contribution in [0.3, 0.4) is 0 Å². The Morgan fingerprint density at radius 1 is 1.50 bits per heavy atom. The maximum absolute atomic E-state index is 10.9. The van der Waals surface area contributed by atoms with E-state index in [1.807, 2.05) is 0 Å². The van der Waals surface area contributed by atoms with Crippen LogP contribution in [0.4, 0.5) is 0 Å². The van der Waals surface area contributed by atoms with Crippen LogP contribution in [-0.2, 0) is 9.59 Å². The Morgan fingerprint density at radius 3 is 2.67 bits per heavy atom. The predicted molar refractivity (Wildman–Crippen MR) is 33.2 cm³/mol. The van der Waals surface area contributed by atoms with E-state index in [1.165, 1.54) is 0 Å². The van der Waals surface area contributed by atoms with Crippen molar-refractivity contribution in [2.75, 3.05) is 0 Å². The fourth-order valence-corrected chi connectivity index (χ4v) is 1.62. The van der Waals surface area contributed by atoms with E-state index in [9.17, 15) is 14.7 Å². The van der Waals surface area contributed by atoms with Crippen LogP contribution >= 0.6 is 0 Å². The number of carbonyl (C=O) groups is 2. The number of hydrogen-bond acceptors (Lipinski definition) is 3. The van der Waals surface area contributed by atoms with Gasteiger partial charge < -0.3 is 15.2 Å². The molecular formula is C7H8KNO3. The molecule has 60 valence electrons. The number of carboxylic acid groups (broad SMARTS) is 1. The monoisotopic (exact) mass is 193 g/mol. The van der Waals surface area contributed by atoms with Crippen LogP contribution in [0.2, 0.25) is 0 Å². The molecule has 1 saturated heterocycles. The van der Waals surface area contributed by atoms with Gasteiger partial charge in [-0.1, -0.05) is 0 Å². The van der Waals surface area contributed by atoms with Crippen molar-refractivity contribution in [3.8, 4) is 0 Å². The van der Waals surface area contributed by atoms with Gasteiger partial charge in [0.2, 0.25) is 5.91 Å². The van der Waals surface area contributed by atoms with Crippen molar-refractivity contribution in [1.82, 2.24) is 5.32 Å². The van der Waals surface area contributed by atoms with Gasteiger partial charge in [0.25, 0.3) is 0 Å². The van der Waals surface area contributed by atoms with E-state index in [2.05, 4.69) is 5.32 Å². The maximum Gasteiger partial charge on any atom is 1.00 e. The molecule has 3 atom stereocenters. The molecule has 0 aromatic heterocycles. The molecule has 2 rings (SSSR count). The van der Waals surface area contributed by atoms with E-state index in [-0.39, 0.29) is 63.2 Å². The molecule has 1 saturated carbocycles. The first kappa shape index (κ1) is 10.7. The standard InChI is InChI=1S/C7H9NO3.K/c9-6-4-1-3(4)2-5(8-6)7(10)11;/h3-5H,1-2H2,(H,8,9)(H,10,11);/q;+1/p-1/t3-,4-,5+;/m1./s1. The van der Waals surface area contributed by atoms with Crippen LogP contribution in [0.25, 0.3) is 0 Å². The largest absolute Gasteiger partial charge is 1.00 e. The first-order chi connectivity index (χ1) is 5.18. The molecule has 5 heteroatoms. The molecule has 1 amide bonds. The molecule has 0 bridgehead atoms. The Kier molecular flexibility index (Phi) is 3.33. The Labute approximate surface area is 113 Å². The van der Waals surface area contributed by atoms with Gasteiger partial charge in [0.15, 0.2) is 0 Å². The summed E-state index contributed by atoms with van der Waals surface area (Å²) >= 11 is 0. The van der Waals surface area contributed by atoms with Gasteiger partial charge in [-0.05, 0) is 18.8 Å². The molecule has 1 heterocycles. The molecule has 2 fully saturated rings. The summed E-state index contributed by atoms with van der Waals surface area (Å²) in [7, 11) is 0. The molecule has 1 aliphatic carbocycles. The first-order valence-corrected chi connectivity index (χ1v) is 3.69. The van der Waals surface area contributed by atoms with Crippen molar-refractivity contribution in [2.24, 2.45) is 11.8 Å². The summed E-state index contributed by atoms with van der Waals surface area (Å²) in [4.78, 5) is 21.3. The maximum atomic E-state index is 10.9. The number of carbonyl (C=O) groups excluding carboxylic acids is 2. The van der Waals surface area contributed by atoms with Crippen molar-refractivity contribution >= 4 is 11.9 Å².